The van der Waals surface area contributed by atoms with E-state index < -0.39 is 0 Å². The van der Waals surface area contributed by atoms with Gasteiger partial charge in [0.05, 0.1) is 11.8 Å². The van der Waals surface area contributed by atoms with Crippen LogP contribution in [-0.4, -0.2) is 44.6 Å². The van der Waals surface area contributed by atoms with Gasteiger partial charge in [-0.05, 0) is 56.0 Å². The van der Waals surface area contributed by atoms with Gasteiger partial charge in [-0.15, -0.1) is 0 Å². The number of rotatable bonds is 6. The highest BCUT2D eigenvalue weighted by Gasteiger charge is 2.27. The number of H-pyrrole nitrogens is 1. The number of carbonyl (C=O) groups is 1. The van der Waals surface area contributed by atoms with Crippen LogP contribution in [0.2, 0.25) is 0 Å². The first kappa shape index (κ1) is 18.6. The molecule has 0 radical (unpaired) electrons. The lowest BCUT2D eigenvalue weighted by atomic mass is 9.93. The molecule has 28 heavy (non-hydrogen) atoms. The molecule has 2 aromatic rings. The monoisotopic (exact) mass is 378 g/mol. The molecule has 2 aliphatic rings. The summed E-state index contributed by atoms with van der Waals surface area (Å²) in [5, 5.41) is 4.19. The lowest BCUT2D eigenvalue weighted by Gasteiger charge is -2.20. The first-order chi connectivity index (χ1) is 13.7. The molecule has 0 bridgehead atoms. The number of nitrogens with one attached hydrogen (secondary N) is 2. The number of nitrogens with zero attached hydrogens (tertiary/aromatic N) is 4. The number of aromatic nitrogens is 3. The number of amides is 1. The molecule has 1 amide bonds. The molecular weight excluding hydrogens is 352 g/mol. The smallest absolute Gasteiger partial charge is 0.273 e. The minimum absolute atomic E-state index is 0.206. The van der Waals surface area contributed by atoms with Crippen molar-refractivity contribution in [2.75, 3.05) is 13.1 Å². The minimum atomic E-state index is -0.206. The quantitative estimate of drug-likeness (QED) is 0.756. The predicted molar refractivity (Wildman–Crippen MR) is 109 cm³/mol. The normalized spacial score (nSPS) is 17.8. The number of aromatic amines is 1. The van der Waals surface area contributed by atoms with Gasteiger partial charge in [0.1, 0.15) is 11.4 Å². The zero-order valence-electron chi connectivity index (χ0n) is 16.5. The van der Waals surface area contributed by atoms with Crippen molar-refractivity contribution in [2.24, 2.45) is 5.10 Å². The molecule has 2 N–H and O–H groups in total. The van der Waals surface area contributed by atoms with Crippen LogP contribution < -0.4 is 5.43 Å². The summed E-state index contributed by atoms with van der Waals surface area (Å²) in [4.78, 5) is 26.9. The molecule has 0 fully saturated rings. The molecule has 0 unspecified atom stereocenters. The van der Waals surface area contributed by atoms with Gasteiger partial charge >= 0.3 is 0 Å². The Morgan fingerprint density at radius 2 is 2.00 bits per heavy atom. The second-order valence-corrected chi connectivity index (χ2v) is 7.19. The van der Waals surface area contributed by atoms with Crippen LogP contribution in [0.1, 0.15) is 54.9 Å². The lowest BCUT2D eigenvalue weighted by molar-refractivity contribution is -0.116. The van der Waals surface area contributed by atoms with Crippen LogP contribution in [-0.2, 0) is 24.2 Å². The molecule has 7 nitrogen and oxygen atoms in total. The molecule has 0 atom stereocenters. The Morgan fingerprint density at radius 1 is 1.18 bits per heavy atom. The standard InChI is InChI=1S/C21H26N6O/c1-3-27(4-2)13-16-14-7-5-6-8-17(14)24-18(16)11-15-20(25-26-21(15)28)19-12-22-9-10-23-19/h9-12,24H,3-8,13H2,1-2H3,(H,26,28)/b15-11+. The summed E-state index contributed by atoms with van der Waals surface area (Å²) in [5.41, 5.74) is 9.31. The SMILES string of the molecule is CCN(CC)Cc1c(/C=C2/C(=O)NN=C2c2cnccn2)[nH]c2c1CCCC2. The van der Waals surface area contributed by atoms with Crippen molar-refractivity contribution >= 4 is 17.7 Å². The highest BCUT2D eigenvalue weighted by molar-refractivity contribution is 6.32. The average molecular weight is 378 g/mol. The van der Waals surface area contributed by atoms with Gasteiger partial charge in [-0.25, -0.2) is 5.43 Å². The minimum Gasteiger partial charge on any atom is -0.358 e. The van der Waals surface area contributed by atoms with Crippen molar-refractivity contribution in [3.63, 3.8) is 0 Å². The van der Waals surface area contributed by atoms with E-state index in [1.165, 1.54) is 29.7 Å². The second-order valence-electron chi connectivity index (χ2n) is 7.19. The fraction of sp³-hybridized carbons (Fsp3) is 0.429. The Morgan fingerprint density at radius 3 is 2.75 bits per heavy atom. The van der Waals surface area contributed by atoms with Crippen LogP contribution in [0, 0.1) is 0 Å². The van der Waals surface area contributed by atoms with Crippen LogP contribution in [0.5, 0.6) is 0 Å². The third-order valence-corrected chi connectivity index (χ3v) is 5.58. The maximum Gasteiger partial charge on any atom is 0.273 e. The Balaban J connectivity index is 1.76. The summed E-state index contributed by atoms with van der Waals surface area (Å²) in [6, 6.07) is 0. The van der Waals surface area contributed by atoms with Crippen molar-refractivity contribution in [1.82, 2.24) is 25.3 Å². The molecule has 0 saturated heterocycles. The van der Waals surface area contributed by atoms with E-state index in [1.807, 2.05) is 6.08 Å². The van der Waals surface area contributed by atoms with Crippen LogP contribution in [0.25, 0.3) is 6.08 Å². The fourth-order valence-electron chi connectivity index (χ4n) is 3.98. The van der Waals surface area contributed by atoms with Crippen LogP contribution in [0.3, 0.4) is 0 Å². The van der Waals surface area contributed by atoms with Crippen LogP contribution >= 0.6 is 0 Å². The van der Waals surface area contributed by atoms with E-state index in [4.69, 9.17) is 0 Å². The van der Waals surface area contributed by atoms with E-state index in [1.54, 1.807) is 18.6 Å². The van der Waals surface area contributed by atoms with E-state index in [2.05, 4.69) is 44.2 Å². The van der Waals surface area contributed by atoms with Gasteiger partial charge in [0.15, 0.2) is 0 Å². The third kappa shape index (κ3) is 3.49. The van der Waals surface area contributed by atoms with Crippen molar-refractivity contribution in [2.45, 2.75) is 46.1 Å². The van der Waals surface area contributed by atoms with Gasteiger partial charge in [0.25, 0.3) is 5.91 Å². The molecule has 3 heterocycles. The van der Waals surface area contributed by atoms with Crippen molar-refractivity contribution in [3.05, 3.63) is 52.4 Å². The van der Waals surface area contributed by atoms with E-state index in [9.17, 15) is 4.79 Å². The molecule has 0 saturated carbocycles. The fourth-order valence-corrected chi connectivity index (χ4v) is 3.98. The highest BCUT2D eigenvalue weighted by atomic mass is 16.2. The molecule has 0 aromatic carbocycles. The maximum atomic E-state index is 12.5. The van der Waals surface area contributed by atoms with Crippen molar-refractivity contribution < 1.29 is 4.79 Å². The van der Waals surface area contributed by atoms with Gasteiger partial charge < -0.3 is 4.98 Å². The van der Waals surface area contributed by atoms with E-state index >= 15 is 0 Å². The second kappa shape index (κ2) is 8.06. The number of hydrazone groups is 1. The van der Waals surface area contributed by atoms with Gasteiger partial charge in [-0.1, -0.05) is 13.8 Å². The molecular formula is C21H26N6O. The van der Waals surface area contributed by atoms with E-state index in [0.717, 1.165) is 38.2 Å². The zero-order chi connectivity index (χ0) is 19.5. The predicted octanol–water partition coefficient (Wildman–Crippen LogP) is 2.44. The first-order valence-electron chi connectivity index (χ1n) is 10.0. The number of hydrogen-bond acceptors (Lipinski definition) is 5. The summed E-state index contributed by atoms with van der Waals surface area (Å²) in [6.07, 6.45) is 11.4. The summed E-state index contributed by atoms with van der Waals surface area (Å²) < 4.78 is 0. The summed E-state index contributed by atoms with van der Waals surface area (Å²) in [7, 11) is 0. The zero-order valence-corrected chi connectivity index (χ0v) is 16.5. The summed E-state index contributed by atoms with van der Waals surface area (Å²) in [6.45, 7) is 7.25. The molecule has 0 spiro atoms. The van der Waals surface area contributed by atoms with Gasteiger partial charge in [-0.3, -0.25) is 19.7 Å². The number of carbonyl (C=O) groups excluding carboxylic acids is 1. The Labute approximate surface area is 165 Å². The molecule has 2 aromatic heterocycles. The highest BCUT2D eigenvalue weighted by Crippen LogP contribution is 2.30. The maximum absolute atomic E-state index is 12.5. The largest absolute Gasteiger partial charge is 0.358 e. The number of hydrogen-bond donors (Lipinski definition) is 2. The van der Waals surface area contributed by atoms with Gasteiger partial charge in [-0.2, -0.15) is 5.10 Å². The van der Waals surface area contributed by atoms with Gasteiger partial charge in [0.2, 0.25) is 0 Å². The Hall–Kier alpha value is -2.80. The van der Waals surface area contributed by atoms with Crippen molar-refractivity contribution in [1.29, 1.82) is 0 Å². The van der Waals surface area contributed by atoms with Crippen LogP contribution in [0.15, 0.2) is 29.3 Å². The summed E-state index contributed by atoms with van der Waals surface area (Å²) in [5.74, 6) is -0.206. The molecule has 1 aliphatic carbocycles. The molecule has 4 rings (SSSR count). The molecule has 1 aliphatic heterocycles. The van der Waals surface area contributed by atoms with Gasteiger partial charge in [0, 0.05) is 30.3 Å². The number of aryl methyl sites for hydroxylation is 1. The first-order valence-corrected chi connectivity index (χ1v) is 10.0. The Kier molecular flexibility index (Phi) is 5.34. The van der Waals surface area contributed by atoms with Crippen molar-refractivity contribution in [3.8, 4) is 0 Å². The molecule has 146 valence electrons. The molecule has 7 heteroatoms. The lowest BCUT2D eigenvalue weighted by Crippen LogP contribution is -2.23. The topological polar surface area (TPSA) is 86.3 Å². The average Bonchev–Trinajstić information content (AvgIpc) is 3.27. The third-order valence-electron chi connectivity index (χ3n) is 5.58. The number of fused-ring (bicyclic) bond motifs is 1. The van der Waals surface area contributed by atoms with E-state index in [0.29, 0.717) is 17.0 Å². The van der Waals surface area contributed by atoms with Crippen LogP contribution in [0.4, 0.5) is 0 Å². The van der Waals surface area contributed by atoms with E-state index in [-0.39, 0.29) is 5.91 Å². The Bertz CT molecular complexity index is 924. The summed E-state index contributed by atoms with van der Waals surface area (Å²) >= 11 is 0.